The van der Waals surface area contributed by atoms with E-state index < -0.39 is 9.84 Å². The number of sulfone groups is 1. The molecule has 2 aromatic rings. The second-order valence-electron chi connectivity index (χ2n) is 5.52. The van der Waals surface area contributed by atoms with Crippen molar-refractivity contribution >= 4 is 51.1 Å². The third-order valence-corrected chi connectivity index (χ3v) is 6.19. The van der Waals surface area contributed by atoms with E-state index in [2.05, 4.69) is 26.0 Å². The quantitative estimate of drug-likeness (QED) is 0.248. The largest absolute Gasteiger partial charge is 0.356 e. The molecule has 0 fully saturated rings. The molecular weight excluding hydrogens is 483 g/mol. The van der Waals surface area contributed by atoms with Crippen LogP contribution in [-0.4, -0.2) is 45.3 Å². The van der Waals surface area contributed by atoms with Crippen LogP contribution in [0.3, 0.4) is 0 Å². The highest BCUT2D eigenvalue weighted by atomic mass is 127. The number of halogens is 1. The Morgan fingerprint density at radius 3 is 2.50 bits per heavy atom. The van der Waals surface area contributed by atoms with Crippen molar-refractivity contribution < 1.29 is 8.42 Å². The van der Waals surface area contributed by atoms with Gasteiger partial charge >= 0.3 is 0 Å². The lowest BCUT2D eigenvalue weighted by molar-refractivity contribution is 0.592. The average Bonchev–Trinajstić information content (AvgIpc) is 3.03. The molecule has 1 aromatic carbocycles. The molecule has 0 saturated carbocycles. The summed E-state index contributed by atoms with van der Waals surface area (Å²) in [5, 5.41) is 9.48. The molecule has 26 heavy (non-hydrogen) atoms. The number of hydrogen-bond acceptors (Lipinski definition) is 5. The van der Waals surface area contributed by atoms with Crippen LogP contribution in [0.2, 0.25) is 0 Å². The highest BCUT2D eigenvalue weighted by Gasteiger charge is 2.13. The molecule has 0 aliphatic rings. The van der Waals surface area contributed by atoms with E-state index in [0.717, 1.165) is 23.7 Å². The Kier molecular flexibility index (Phi) is 10.1. The van der Waals surface area contributed by atoms with Crippen LogP contribution in [0.15, 0.2) is 45.6 Å². The van der Waals surface area contributed by atoms with E-state index >= 15 is 0 Å². The number of aromatic nitrogens is 1. The Labute approximate surface area is 176 Å². The van der Waals surface area contributed by atoms with E-state index in [1.54, 1.807) is 42.6 Å². The normalized spacial score (nSPS) is 11.7. The topological polar surface area (TPSA) is 83.5 Å². The van der Waals surface area contributed by atoms with Crippen LogP contribution in [-0.2, 0) is 16.3 Å². The van der Waals surface area contributed by atoms with Crippen molar-refractivity contribution in [2.24, 2.45) is 4.99 Å². The van der Waals surface area contributed by atoms with E-state index in [0.29, 0.717) is 23.8 Å². The monoisotopic (exact) mass is 508 g/mol. The van der Waals surface area contributed by atoms with Crippen LogP contribution in [0, 0.1) is 6.92 Å². The molecule has 0 amide bonds. The Balaban J connectivity index is 0.00000338. The van der Waals surface area contributed by atoms with Gasteiger partial charge in [0.1, 0.15) is 0 Å². The summed E-state index contributed by atoms with van der Waals surface area (Å²) in [6.07, 6.45) is 1.34. The lowest BCUT2D eigenvalue weighted by atomic mass is 10.3. The van der Waals surface area contributed by atoms with Gasteiger partial charge in [-0.2, -0.15) is 0 Å². The predicted molar refractivity (Wildman–Crippen MR) is 118 cm³/mol. The third kappa shape index (κ3) is 7.58. The molecule has 1 aromatic heterocycles. The van der Waals surface area contributed by atoms with Gasteiger partial charge in [0.15, 0.2) is 15.8 Å². The molecule has 0 atom stereocenters. The van der Waals surface area contributed by atoms with Crippen LogP contribution in [0.1, 0.15) is 17.1 Å². The van der Waals surface area contributed by atoms with Crippen molar-refractivity contribution in [1.82, 2.24) is 15.6 Å². The summed E-state index contributed by atoms with van der Waals surface area (Å²) >= 11 is 1.64. The maximum atomic E-state index is 12.2. The van der Waals surface area contributed by atoms with Gasteiger partial charge in [0.2, 0.25) is 0 Å². The number of rotatable bonds is 8. The van der Waals surface area contributed by atoms with Gasteiger partial charge in [0.25, 0.3) is 0 Å². The first-order chi connectivity index (χ1) is 12.0. The van der Waals surface area contributed by atoms with Crippen molar-refractivity contribution in [2.75, 3.05) is 25.9 Å². The number of thiazole rings is 1. The Bertz CT molecular complexity index is 792. The highest BCUT2D eigenvalue weighted by molar-refractivity contribution is 14.0. The summed E-state index contributed by atoms with van der Waals surface area (Å²) in [6.45, 7) is 3.26. The van der Waals surface area contributed by atoms with Crippen LogP contribution in [0.25, 0.3) is 0 Å². The lowest BCUT2D eigenvalue weighted by Crippen LogP contribution is -2.39. The second kappa shape index (κ2) is 11.5. The Hall–Kier alpha value is -1.20. The maximum Gasteiger partial charge on any atom is 0.190 e. The second-order valence-corrected chi connectivity index (χ2v) is 8.69. The minimum Gasteiger partial charge on any atom is -0.356 e. The molecule has 2 rings (SSSR count). The van der Waals surface area contributed by atoms with E-state index in [4.69, 9.17) is 0 Å². The van der Waals surface area contributed by atoms with Crippen molar-refractivity contribution in [2.45, 2.75) is 24.7 Å². The molecule has 9 heteroatoms. The number of aryl methyl sites for hydroxylation is 1. The summed E-state index contributed by atoms with van der Waals surface area (Å²) < 4.78 is 24.4. The van der Waals surface area contributed by atoms with Crippen LogP contribution < -0.4 is 10.6 Å². The van der Waals surface area contributed by atoms with E-state index in [1.165, 1.54) is 0 Å². The zero-order valence-corrected chi connectivity index (χ0v) is 18.9. The SMILES string of the molecule is CN=C(NCCCS(=O)(=O)c1ccccc1)NCCc1csc(C)n1.I. The molecular formula is C17H25IN4O2S2. The van der Waals surface area contributed by atoms with Crippen molar-refractivity contribution in [3.63, 3.8) is 0 Å². The molecule has 0 aliphatic carbocycles. The molecule has 0 spiro atoms. The standard InChI is InChI=1S/C17H24N4O2S2.HI/c1-14-21-15(13-24-14)9-11-20-17(18-2)19-10-6-12-25(22,23)16-7-4-3-5-8-16;/h3-5,7-8,13H,6,9-12H2,1-2H3,(H2,18,19,20);1H. The summed E-state index contributed by atoms with van der Waals surface area (Å²) in [4.78, 5) is 8.93. The van der Waals surface area contributed by atoms with E-state index in [9.17, 15) is 8.42 Å². The zero-order chi connectivity index (χ0) is 18.1. The first-order valence-electron chi connectivity index (χ1n) is 8.14. The number of guanidine groups is 1. The van der Waals surface area contributed by atoms with Crippen molar-refractivity contribution in [3.05, 3.63) is 46.4 Å². The summed E-state index contributed by atoms with van der Waals surface area (Å²) in [7, 11) is -1.53. The van der Waals surface area contributed by atoms with Gasteiger partial charge in [0.05, 0.1) is 21.3 Å². The number of benzene rings is 1. The molecule has 6 nitrogen and oxygen atoms in total. The van der Waals surface area contributed by atoms with Gasteiger partial charge < -0.3 is 10.6 Å². The molecule has 0 radical (unpaired) electrons. The molecule has 2 N–H and O–H groups in total. The van der Waals surface area contributed by atoms with Crippen LogP contribution >= 0.6 is 35.3 Å². The predicted octanol–water partition coefficient (Wildman–Crippen LogP) is 2.64. The molecule has 0 unspecified atom stereocenters. The van der Waals surface area contributed by atoms with Crippen LogP contribution in [0.5, 0.6) is 0 Å². The molecule has 1 heterocycles. The van der Waals surface area contributed by atoms with Gasteiger partial charge in [-0.3, -0.25) is 4.99 Å². The minimum absolute atomic E-state index is 0. The maximum absolute atomic E-state index is 12.2. The smallest absolute Gasteiger partial charge is 0.190 e. The Morgan fingerprint density at radius 2 is 1.88 bits per heavy atom. The zero-order valence-electron chi connectivity index (χ0n) is 14.9. The first kappa shape index (κ1) is 22.8. The summed E-state index contributed by atoms with van der Waals surface area (Å²) in [5.74, 6) is 0.781. The van der Waals surface area contributed by atoms with Crippen LogP contribution in [0.4, 0.5) is 0 Å². The lowest BCUT2D eigenvalue weighted by Gasteiger charge is -2.11. The Morgan fingerprint density at radius 1 is 1.19 bits per heavy atom. The minimum atomic E-state index is -3.22. The fourth-order valence-electron chi connectivity index (χ4n) is 2.27. The number of aliphatic imine (C=N–C) groups is 1. The molecule has 0 bridgehead atoms. The van der Waals surface area contributed by atoms with E-state index in [1.807, 2.05) is 13.0 Å². The highest BCUT2D eigenvalue weighted by Crippen LogP contribution is 2.10. The summed E-state index contributed by atoms with van der Waals surface area (Å²) in [6, 6.07) is 8.54. The first-order valence-corrected chi connectivity index (χ1v) is 10.7. The molecule has 144 valence electrons. The number of nitrogens with one attached hydrogen (secondary N) is 2. The van der Waals surface area contributed by atoms with Gasteiger partial charge in [-0.15, -0.1) is 35.3 Å². The molecule has 0 saturated heterocycles. The fourth-order valence-corrected chi connectivity index (χ4v) is 4.25. The number of nitrogens with zero attached hydrogens (tertiary/aromatic N) is 2. The fraction of sp³-hybridized carbons (Fsp3) is 0.412. The van der Waals surface area contributed by atoms with Gasteiger partial charge in [-0.05, 0) is 25.5 Å². The number of hydrogen-bond donors (Lipinski definition) is 2. The third-order valence-electron chi connectivity index (χ3n) is 3.55. The average molecular weight is 508 g/mol. The molecule has 0 aliphatic heterocycles. The van der Waals surface area contributed by atoms with Gasteiger partial charge in [-0.25, -0.2) is 13.4 Å². The van der Waals surface area contributed by atoms with Crippen molar-refractivity contribution in [1.29, 1.82) is 0 Å². The van der Waals surface area contributed by atoms with E-state index in [-0.39, 0.29) is 29.7 Å². The van der Waals surface area contributed by atoms with Crippen molar-refractivity contribution in [3.8, 4) is 0 Å². The van der Waals surface area contributed by atoms with Gasteiger partial charge in [0, 0.05) is 31.9 Å². The summed E-state index contributed by atoms with van der Waals surface area (Å²) in [5.41, 5.74) is 1.07. The van der Waals surface area contributed by atoms with Gasteiger partial charge in [-0.1, -0.05) is 18.2 Å².